The van der Waals surface area contributed by atoms with Crippen molar-refractivity contribution in [3.8, 4) is 0 Å². The zero-order chi connectivity index (χ0) is 13.3. The van der Waals surface area contributed by atoms with Crippen LogP contribution in [0, 0.1) is 5.92 Å². The van der Waals surface area contributed by atoms with Crippen LogP contribution in [-0.4, -0.2) is 40.2 Å². The van der Waals surface area contributed by atoms with E-state index in [0.29, 0.717) is 24.6 Å². The molecule has 1 aliphatic heterocycles. The molecule has 2 aromatic heterocycles. The van der Waals surface area contributed by atoms with Gasteiger partial charge in [0.1, 0.15) is 0 Å². The molecule has 0 aliphatic carbocycles. The lowest BCUT2D eigenvalue weighted by molar-refractivity contribution is -0.0678. The van der Waals surface area contributed by atoms with Crippen molar-refractivity contribution in [3.63, 3.8) is 0 Å². The summed E-state index contributed by atoms with van der Waals surface area (Å²) in [5.41, 5.74) is 0.696. The van der Waals surface area contributed by atoms with Crippen molar-refractivity contribution in [2.75, 3.05) is 25.0 Å². The van der Waals surface area contributed by atoms with E-state index in [-0.39, 0.29) is 13.1 Å². The fourth-order valence-corrected chi connectivity index (χ4v) is 2.26. The maximum absolute atomic E-state index is 13.6. The van der Waals surface area contributed by atoms with Gasteiger partial charge in [-0.2, -0.15) is 4.98 Å². The molecule has 1 atom stereocenters. The van der Waals surface area contributed by atoms with Crippen molar-refractivity contribution >= 4 is 11.6 Å². The summed E-state index contributed by atoms with van der Waals surface area (Å²) in [6, 6.07) is 5.51. The number of halogens is 2. The predicted octanol–water partition coefficient (Wildman–Crippen LogP) is 1.39. The Kier molecular flexibility index (Phi) is 3.06. The van der Waals surface area contributed by atoms with E-state index in [4.69, 9.17) is 0 Å². The molecule has 1 saturated heterocycles. The summed E-state index contributed by atoms with van der Waals surface area (Å²) in [5.74, 6) is -2.97. The number of pyridine rings is 1. The Morgan fingerprint density at radius 3 is 3.16 bits per heavy atom. The van der Waals surface area contributed by atoms with Gasteiger partial charge in [0.2, 0.25) is 5.95 Å². The largest absolute Gasteiger partial charge is 0.352 e. The molecular formula is C12H15F2N5. The highest BCUT2D eigenvalue weighted by molar-refractivity contribution is 5.42. The summed E-state index contributed by atoms with van der Waals surface area (Å²) < 4.78 is 28.9. The molecule has 2 N–H and O–H groups in total. The smallest absolute Gasteiger partial charge is 0.264 e. The highest BCUT2D eigenvalue weighted by Crippen LogP contribution is 2.29. The van der Waals surface area contributed by atoms with Crippen LogP contribution in [0.15, 0.2) is 24.4 Å². The number of piperidine rings is 1. The van der Waals surface area contributed by atoms with Gasteiger partial charge in [-0.25, -0.2) is 13.3 Å². The molecule has 19 heavy (non-hydrogen) atoms. The predicted molar refractivity (Wildman–Crippen MR) is 67.4 cm³/mol. The van der Waals surface area contributed by atoms with Crippen LogP contribution in [0.1, 0.15) is 6.42 Å². The second-order valence-corrected chi connectivity index (χ2v) is 4.74. The lowest BCUT2D eigenvalue weighted by Crippen LogP contribution is -2.48. The van der Waals surface area contributed by atoms with E-state index in [0.717, 1.165) is 0 Å². The Bertz CT molecular complexity index is 535. The van der Waals surface area contributed by atoms with Crippen LogP contribution in [0.5, 0.6) is 0 Å². The van der Waals surface area contributed by atoms with Crippen molar-refractivity contribution in [2.45, 2.75) is 12.3 Å². The van der Waals surface area contributed by atoms with Crippen molar-refractivity contribution in [2.24, 2.45) is 5.92 Å². The molecule has 0 unspecified atom stereocenters. The summed E-state index contributed by atoms with van der Waals surface area (Å²) in [7, 11) is 0. The maximum atomic E-state index is 13.6. The summed E-state index contributed by atoms with van der Waals surface area (Å²) in [5, 5.41) is 9.80. The number of fused-ring (bicyclic) bond motifs is 1. The van der Waals surface area contributed by atoms with Gasteiger partial charge in [0.15, 0.2) is 5.65 Å². The van der Waals surface area contributed by atoms with E-state index >= 15 is 0 Å². The first-order valence-corrected chi connectivity index (χ1v) is 6.29. The van der Waals surface area contributed by atoms with Gasteiger partial charge < -0.3 is 10.6 Å². The average molecular weight is 267 g/mol. The molecule has 1 fully saturated rings. The van der Waals surface area contributed by atoms with Gasteiger partial charge in [0, 0.05) is 18.7 Å². The number of hydrogen-bond acceptors (Lipinski definition) is 4. The Balaban J connectivity index is 1.68. The van der Waals surface area contributed by atoms with Crippen LogP contribution in [0.2, 0.25) is 0 Å². The Labute approximate surface area is 109 Å². The molecule has 102 valence electrons. The van der Waals surface area contributed by atoms with Gasteiger partial charge in [-0.05, 0) is 25.1 Å². The fraction of sp³-hybridized carbons (Fsp3) is 0.500. The number of rotatable bonds is 3. The van der Waals surface area contributed by atoms with E-state index in [9.17, 15) is 8.78 Å². The minimum Gasteiger partial charge on any atom is -0.352 e. The number of nitrogens with one attached hydrogen (secondary N) is 2. The number of nitrogens with zero attached hydrogens (tertiary/aromatic N) is 3. The first-order valence-electron chi connectivity index (χ1n) is 6.29. The van der Waals surface area contributed by atoms with Crippen LogP contribution in [0.3, 0.4) is 0 Å². The molecule has 3 heterocycles. The topological polar surface area (TPSA) is 54.2 Å². The summed E-state index contributed by atoms with van der Waals surface area (Å²) >= 11 is 0. The highest BCUT2D eigenvalue weighted by atomic mass is 19.3. The molecular weight excluding hydrogens is 252 g/mol. The van der Waals surface area contributed by atoms with Crippen LogP contribution < -0.4 is 10.6 Å². The SMILES string of the molecule is FC1(F)CNCC[C@@H]1CNc1nc2ccccn2n1. The van der Waals surface area contributed by atoms with Crippen LogP contribution in [-0.2, 0) is 0 Å². The van der Waals surface area contributed by atoms with Crippen LogP contribution in [0.25, 0.3) is 5.65 Å². The van der Waals surface area contributed by atoms with E-state index in [1.165, 1.54) is 0 Å². The number of alkyl halides is 2. The summed E-state index contributed by atoms with van der Waals surface area (Å²) in [6.45, 7) is 0.560. The van der Waals surface area contributed by atoms with E-state index in [1.807, 2.05) is 18.2 Å². The molecule has 0 bridgehead atoms. The third kappa shape index (κ3) is 2.51. The van der Waals surface area contributed by atoms with Gasteiger partial charge in [0.05, 0.1) is 6.54 Å². The number of anilines is 1. The van der Waals surface area contributed by atoms with Gasteiger partial charge >= 0.3 is 0 Å². The molecule has 0 radical (unpaired) electrons. The average Bonchev–Trinajstić information content (AvgIpc) is 2.79. The van der Waals surface area contributed by atoms with Crippen molar-refractivity contribution in [1.29, 1.82) is 0 Å². The zero-order valence-electron chi connectivity index (χ0n) is 10.3. The van der Waals surface area contributed by atoms with Crippen LogP contribution >= 0.6 is 0 Å². The molecule has 1 aliphatic rings. The van der Waals surface area contributed by atoms with Gasteiger partial charge in [0.25, 0.3) is 5.92 Å². The van der Waals surface area contributed by atoms with Gasteiger partial charge in [-0.15, -0.1) is 5.10 Å². The maximum Gasteiger partial charge on any atom is 0.264 e. The van der Waals surface area contributed by atoms with E-state index in [1.54, 1.807) is 10.7 Å². The second kappa shape index (κ2) is 4.73. The van der Waals surface area contributed by atoms with Gasteiger partial charge in [-0.1, -0.05) is 6.07 Å². The van der Waals surface area contributed by atoms with Crippen molar-refractivity contribution in [3.05, 3.63) is 24.4 Å². The number of aromatic nitrogens is 3. The van der Waals surface area contributed by atoms with Crippen LogP contribution in [0.4, 0.5) is 14.7 Å². The molecule has 0 spiro atoms. The standard InChI is InChI=1S/C12H15F2N5/c13-12(14)8-15-5-4-9(12)7-16-11-17-10-3-1-2-6-19(10)18-11/h1-3,6,9,15H,4-5,7-8H2,(H,16,18)/t9-/m1/s1. The molecule has 2 aromatic rings. The quantitative estimate of drug-likeness (QED) is 0.882. The number of hydrogen-bond donors (Lipinski definition) is 2. The third-order valence-electron chi connectivity index (χ3n) is 3.38. The molecule has 0 aromatic carbocycles. The van der Waals surface area contributed by atoms with Crippen molar-refractivity contribution in [1.82, 2.24) is 19.9 Å². The second-order valence-electron chi connectivity index (χ2n) is 4.74. The van der Waals surface area contributed by atoms with Gasteiger partial charge in [-0.3, -0.25) is 0 Å². The molecule has 7 heteroatoms. The zero-order valence-corrected chi connectivity index (χ0v) is 10.3. The molecule has 0 amide bonds. The normalized spacial score (nSPS) is 22.5. The Hall–Kier alpha value is -1.76. The minimum atomic E-state index is -2.68. The Morgan fingerprint density at radius 1 is 1.47 bits per heavy atom. The summed E-state index contributed by atoms with van der Waals surface area (Å²) in [4.78, 5) is 4.23. The van der Waals surface area contributed by atoms with E-state index in [2.05, 4.69) is 20.7 Å². The molecule has 5 nitrogen and oxygen atoms in total. The fourth-order valence-electron chi connectivity index (χ4n) is 2.26. The van der Waals surface area contributed by atoms with Crippen molar-refractivity contribution < 1.29 is 8.78 Å². The first kappa shape index (κ1) is 12.3. The monoisotopic (exact) mass is 267 g/mol. The molecule has 0 saturated carbocycles. The molecule has 3 rings (SSSR count). The highest BCUT2D eigenvalue weighted by Gasteiger charge is 2.41. The lowest BCUT2D eigenvalue weighted by Gasteiger charge is -2.31. The summed E-state index contributed by atoms with van der Waals surface area (Å²) in [6.07, 6.45) is 2.22. The minimum absolute atomic E-state index is 0.186. The lowest BCUT2D eigenvalue weighted by atomic mass is 9.94. The third-order valence-corrected chi connectivity index (χ3v) is 3.38. The Morgan fingerprint density at radius 2 is 2.37 bits per heavy atom. The first-order chi connectivity index (χ1) is 9.15. The van der Waals surface area contributed by atoms with E-state index < -0.39 is 11.8 Å².